The van der Waals surface area contributed by atoms with E-state index in [0.29, 0.717) is 16.6 Å². The Balaban J connectivity index is 1.63. The van der Waals surface area contributed by atoms with Gasteiger partial charge in [-0.15, -0.1) is 0 Å². The second-order valence-electron chi connectivity index (χ2n) is 5.54. The molecule has 3 saturated heterocycles. The SMILES string of the molecule is Clc1cccc2c(N[C@H]3CN4CCC3CC4)noc12. The number of hydrogen-bond donors (Lipinski definition) is 1. The predicted octanol–water partition coefficient (Wildman–Crippen LogP) is 2.99. The second-order valence-corrected chi connectivity index (χ2v) is 5.94. The molecule has 0 unspecified atom stereocenters. The quantitative estimate of drug-likeness (QED) is 0.916. The van der Waals surface area contributed by atoms with Gasteiger partial charge in [-0.05, 0) is 44.0 Å². The van der Waals surface area contributed by atoms with Gasteiger partial charge in [-0.3, -0.25) is 0 Å². The summed E-state index contributed by atoms with van der Waals surface area (Å²) in [4.78, 5) is 2.52. The van der Waals surface area contributed by atoms with Crippen LogP contribution in [0.4, 0.5) is 5.82 Å². The highest BCUT2D eigenvalue weighted by molar-refractivity contribution is 6.35. The van der Waals surface area contributed by atoms with Crippen LogP contribution in [-0.2, 0) is 0 Å². The zero-order valence-electron chi connectivity index (χ0n) is 10.6. The van der Waals surface area contributed by atoms with Gasteiger partial charge in [0.2, 0.25) is 0 Å². The highest BCUT2D eigenvalue weighted by Crippen LogP contribution is 2.33. The highest BCUT2D eigenvalue weighted by Gasteiger charge is 2.34. The number of nitrogens with zero attached hydrogens (tertiary/aromatic N) is 2. The molecule has 4 nitrogen and oxygen atoms in total. The van der Waals surface area contributed by atoms with Crippen LogP contribution in [0.3, 0.4) is 0 Å². The molecule has 2 aromatic rings. The molecule has 5 rings (SSSR count). The zero-order chi connectivity index (χ0) is 12.8. The van der Waals surface area contributed by atoms with Crippen molar-refractivity contribution < 1.29 is 4.52 Å². The number of anilines is 1. The molecule has 1 N–H and O–H groups in total. The van der Waals surface area contributed by atoms with E-state index in [0.717, 1.165) is 23.7 Å². The van der Waals surface area contributed by atoms with Gasteiger partial charge < -0.3 is 14.7 Å². The number of benzene rings is 1. The topological polar surface area (TPSA) is 41.3 Å². The fraction of sp³-hybridized carbons (Fsp3) is 0.500. The van der Waals surface area contributed by atoms with Crippen LogP contribution in [0.1, 0.15) is 12.8 Å². The minimum Gasteiger partial charge on any atom is -0.362 e. The third-order valence-electron chi connectivity index (χ3n) is 4.43. The number of nitrogens with one attached hydrogen (secondary N) is 1. The lowest BCUT2D eigenvalue weighted by molar-refractivity contribution is 0.0973. The van der Waals surface area contributed by atoms with Crippen LogP contribution in [-0.4, -0.2) is 35.7 Å². The van der Waals surface area contributed by atoms with Crippen LogP contribution < -0.4 is 5.32 Å². The van der Waals surface area contributed by atoms with Gasteiger partial charge in [0.1, 0.15) is 0 Å². The third-order valence-corrected chi connectivity index (χ3v) is 4.73. The van der Waals surface area contributed by atoms with Crippen molar-refractivity contribution in [1.29, 1.82) is 0 Å². The summed E-state index contributed by atoms with van der Waals surface area (Å²) in [6.45, 7) is 3.60. The highest BCUT2D eigenvalue weighted by atomic mass is 35.5. The van der Waals surface area contributed by atoms with Crippen molar-refractivity contribution in [2.45, 2.75) is 18.9 Å². The number of para-hydroxylation sites is 1. The van der Waals surface area contributed by atoms with E-state index in [9.17, 15) is 0 Å². The Morgan fingerprint density at radius 1 is 1.32 bits per heavy atom. The van der Waals surface area contributed by atoms with E-state index < -0.39 is 0 Å². The fourth-order valence-corrected chi connectivity index (χ4v) is 3.55. The maximum Gasteiger partial charge on any atom is 0.187 e. The molecular formula is C14H16ClN3O. The lowest BCUT2D eigenvalue weighted by atomic mass is 9.84. The number of hydrogen-bond acceptors (Lipinski definition) is 4. The number of piperidine rings is 3. The van der Waals surface area contributed by atoms with Crippen LogP contribution in [0.15, 0.2) is 22.7 Å². The average molecular weight is 278 g/mol. The summed E-state index contributed by atoms with van der Waals surface area (Å²) in [6.07, 6.45) is 2.57. The first-order valence-corrected chi connectivity index (χ1v) is 7.22. The van der Waals surface area contributed by atoms with Gasteiger partial charge in [0.05, 0.1) is 10.4 Å². The maximum atomic E-state index is 6.11. The molecule has 4 heterocycles. The summed E-state index contributed by atoms with van der Waals surface area (Å²) in [7, 11) is 0. The van der Waals surface area contributed by atoms with Gasteiger partial charge in [0.15, 0.2) is 11.4 Å². The van der Waals surface area contributed by atoms with E-state index in [4.69, 9.17) is 16.1 Å². The molecule has 1 aromatic heterocycles. The van der Waals surface area contributed by atoms with Crippen molar-refractivity contribution in [1.82, 2.24) is 10.1 Å². The van der Waals surface area contributed by atoms with E-state index >= 15 is 0 Å². The molecule has 1 aromatic carbocycles. The Bertz CT molecular complexity index is 604. The first-order valence-electron chi connectivity index (χ1n) is 6.84. The van der Waals surface area contributed by atoms with Crippen molar-refractivity contribution in [3.8, 4) is 0 Å². The fourth-order valence-electron chi connectivity index (χ4n) is 3.34. The van der Waals surface area contributed by atoms with Gasteiger partial charge in [-0.2, -0.15) is 0 Å². The summed E-state index contributed by atoms with van der Waals surface area (Å²) in [5, 5.41) is 9.30. The van der Waals surface area contributed by atoms with Crippen molar-refractivity contribution in [2.24, 2.45) is 5.92 Å². The number of fused-ring (bicyclic) bond motifs is 4. The summed E-state index contributed by atoms with van der Waals surface area (Å²) < 4.78 is 5.34. The first kappa shape index (κ1) is 11.6. The Morgan fingerprint density at radius 2 is 2.16 bits per heavy atom. The van der Waals surface area contributed by atoms with E-state index in [-0.39, 0.29) is 0 Å². The van der Waals surface area contributed by atoms with Crippen LogP contribution in [0.2, 0.25) is 5.02 Å². The Labute approximate surface area is 116 Å². The van der Waals surface area contributed by atoms with E-state index in [1.807, 2.05) is 18.2 Å². The number of aromatic nitrogens is 1. The Kier molecular flexibility index (Phi) is 2.67. The van der Waals surface area contributed by atoms with Crippen molar-refractivity contribution in [2.75, 3.05) is 25.0 Å². The van der Waals surface area contributed by atoms with Crippen LogP contribution in [0.25, 0.3) is 11.0 Å². The van der Waals surface area contributed by atoms with E-state index in [2.05, 4.69) is 15.4 Å². The van der Waals surface area contributed by atoms with E-state index in [1.165, 1.54) is 25.9 Å². The number of rotatable bonds is 2. The minimum absolute atomic E-state index is 0.481. The lowest BCUT2D eigenvalue weighted by Crippen LogP contribution is -2.53. The van der Waals surface area contributed by atoms with E-state index in [1.54, 1.807) is 0 Å². The van der Waals surface area contributed by atoms with Gasteiger partial charge in [0.25, 0.3) is 0 Å². The lowest BCUT2D eigenvalue weighted by Gasteiger charge is -2.44. The normalized spacial score (nSPS) is 29.8. The predicted molar refractivity (Wildman–Crippen MR) is 75.6 cm³/mol. The van der Waals surface area contributed by atoms with Gasteiger partial charge in [-0.25, -0.2) is 0 Å². The molecule has 5 heteroatoms. The standard InChI is InChI=1S/C14H16ClN3O/c15-11-3-1-2-10-13(11)19-17-14(10)16-12-8-18-6-4-9(12)5-7-18/h1-3,9,12H,4-8H2,(H,16,17)/t12-/m0/s1. The molecule has 100 valence electrons. The van der Waals surface area contributed by atoms with Crippen molar-refractivity contribution >= 4 is 28.4 Å². The molecule has 0 radical (unpaired) electrons. The summed E-state index contributed by atoms with van der Waals surface area (Å²) in [6, 6.07) is 6.24. The summed E-state index contributed by atoms with van der Waals surface area (Å²) >= 11 is 6.11. The molecule has 0 saturated carbocycles. The Hall–Kier alpha value is -1.26. The smallest absolute Gasteiger partial charge is 0.187 e. The molecule has 3 aliphatic rings. The van der Waals surface area contributed by atoms with Gasteiger partial charge in [0, 0.05) is 12.6 Å². The first-order chi connectivity index (χ1) is 9.31. The molecule has 19 heavy (non-hydrogen) atoms. The molecule has 2 bridgehead atoms. The number of halogens is 1. The molecule has 0 aliphatic carbocycles. The zero-order valence-corrected chi connectivity index (χ0v) is 11.4. The molecule has 0 spiro atoms. The maximum absolute atomic E-state index is 6.11. The summed E-state index contributed by atoms with van der Waals surface area (Å²) in [5.74, 6) is 1.59. The molecule has 3 aliphatic heterocycles. The Morgan fingerprint density at radius 3 is 2.89 bits per heavy atom. The largest absolute Gasteiger partial charge is 0.362 e. The van der Waals surface area contributed by atoms with Gasteiger partial charge in [-0.1, -0.05) is 22.8 Å². The van der Waals surface area contributed by atoms with Crippen LogP contribution in [0.5, 0.6) is 0 Å². The average Bonchev–Trinajstić information content (AvgIpc) is 2.85. The molecule has 3 fully saturated rings. The third kappa shape index (κ3) is 1.90. The monoisotopic (exact) mass is 277 g/mol. The summed E-state index contributed by atoms with van der Waals surface area (Å²) in [5.41, 5.74) is 0.674. The second kappa shape index (κ2) is 4.39. The van der Waals surface area contributed by atoms with Crippen molar-refractivity contribution in [3.05, 3.63) is 23.2 Å². The molecule has 1 atom stereocenters. The van der Waals surface area contributed by atoms with Crippen LogP contribution in [0, 0.1) is 5.92 Å². The minimum atomic E-state index is 0.481. The molecule has 0 amide bonds. The molecular weight excluding hydrogens is 262 g/mol. The van der Waals surface area contributed by atoms with Gasteiger partial charge >= 0.3 is 0 Å². The van der Waals surface area contributed by atoms with Crippen LogP contribution >= 0.6 is 11.6 Å². The van der Waals surface area contributed by atoms with Crippen molar-refractivity contribution in [3.63, 3.8) is 0 Å².